The summed E-state index contributed by atoms with van der Waals surface area (Å²) in [7, 11) is 1.63. The van der Waals surface area contributed by atoms with Gasteiger partial charge in [0.25, 0.3) is 0 Å². The molecule has 0 heterocycles. The van der Waals surface area contributed by atoms with E-state index in [-0.39, 0.29) is 11.9 Å². The highest BCUT2D eigenvalue weighted by Gasteiger charge is 2.20. The van der Waals surface area contributed by atoms with Crippen LogP contribution in [0.4, 0.5) is 0 Å². The van der Waals surface area contributed by atoms with Crippen LogP contribution in [0.1, 0.15) is 38.2 Å². The van der Waals surface area contributed by atoms with E-state index in [9.17, 15) is 4.79 Å². The minimum Gasteiger partial charge on any atom is -0.497 e. The largest absolute Gasteiger partial charge is 0.497 e. The van der Waals surface area contributed by atoms with E-state index in [0.717, 1.165) is 24.2 Å². The first kappa shape index (κ1) is 13.6. The van der Waals surface area contributed by atoms with Crippen molar-refractivity contribution in [2.24, 2.45) is 0 Å². The van der Waals surface area contributed by atoms with Crippen molar-refractivity contribution in [2.75, 3.05) is 13.7 Å². The van der Waals surface area contributed by atoms with Crippen molar-refractivity contribution in [2.45, 2.75) is 32.6 Å². The predicted molar refractivity (Wildman–Crippen MR) is 67.3 cm³/mol. The molecule has 1 rings (SSSR count). The molecule has 0 aliphatic rings. The molecule has 3 heteroatoms. The van der Waals surface area contributed by atoms with E-state index in [2.05, 4.69) is 6.92 Å². The number of ether oxygens (including phenoxy) is 2. The van der Waals surface area contributed by atoms with Gasteiger partial charge in [-0.25, -0.2) is 0 Å². The Morgan fingerprint density at radius 1 is 1.24 bits per heavy atom. The van der Waals surface area contributed by atoms with E-state index in [4.69, 9.17) is 9.47 Å². The van der Waals surface area contributed by atoms with Gasteiger partial charge in [-0.3, -0.25) is 4.79 Å². The lowest BCUT2D eigenvalue weighted by Gasteiger charge is -2.15. The van der Waals surface area contributed by atoms with Crippen molar-refractivity contribution in [3.8, 4) is 5.75 Å². The van der Waals surface area contributed by atoms with E-state index in [1.54, 1.807) is 7.11 Å². The summed E-state index contributed by atoms with van der Waals surface area (Å²) in [4.78, 5) is 11.8. The third-order valence-electron chi connectivity index (χ3n) is 2.67. The highest BCUT2D eigenvalue weighted by atomic mass is 16.5. The van der Waals surface area contributed by atoms with Gasteiger partial charge < -0.3 is 9.47 Å². The summed E-state index contributed by atoms with van der Waals surface area (Å²) in [6.07, 6.45) is 1.76. The zero-order chi connectivity index (χ0) is 12.7. The van der Waals surface area contributed by atoms with E-state index in [1.165, 1.54) is 0 Å². The number of rotatable bonds is 6. The maximum Gasteiger partial charge on any atom is 0.313 e. The maximum atomic E-state index is 11.8. The fourth-order valence-corrected chi connectivity index (χ4v) is 1.79. The number of benzene rings is 1. The summed E-state index contributed by atoms with van der Waals surface area (Å²) < 4.78 is 10.2. The van der Waals surface area contributed by atoms with Gasteiger partial charge in [0.05, 0.1) is 19.6 Å². The highest BCUT2D eigenvalue weighted by Crippen LogP contribution is 2.24. The van der Waals surface area contributed by atoms with Crippen molar-refractivity contribution in [3.05, 3.63) is 29.8 Å². The fourth-order valence-electron chi connectivity index (χ4n) is 1.79. The summed E-state index contributed by atoms with van der Waals surface area (Å²) in [5.74, 6) is 0.498. The minimum absolute atomic E-state index is 0.139. The van der Waals surface area contributed by atoms with Gasteiger partial charge in [0.1, 0.15) is 5.75 Å². The summed E-state index contributed by atoms with van der Waals surface area (Å²) in [6, 6.07) is 7.60. The van der Waals surface area contributed by atoms with Crippen molar-refractivity contribution in [1.29, 1.82) is 0 Å². The molecule has 0 bridgehead atoms. The number of esters is 1. The molecule has 1 atom stereocenters. The number of carbonyl (C=O) groups excluding carboxylic acids is 1. The average Bonchev–Trinajstić information content (AvgIpc) is 2.36. The molecule has 0 amide bonds. The summed E-state index contributed by atoms with van der Waals surface area (Å²) in [5, 5.41) is 0. The van der Waals surface area contributed by atoms with Crippen molar-refractivity contribution in [3.63, 3.8) is 0 Å². The zero-order valence-electron chi connectivity index (χ0n) is 10.7. The Balaban J connectivity index is 2.84. The van der Waals surface area contributed by atoms with Gasteiger partial charge in [-0.2, -0.15) is 0 Å². The molecule has 0 aliphatic carbocycles. The number of methoxy groups -OCH3 is 1. The average molecular weight is 236 g/mol. The Bertz CT molecular complexity index is 343. The molecule has 17 heavy (non-hydrogen) atoms. The van der Waals surface area contributed by atoms with Crippen molar-refractivity contribution in [1.82, 2.24) is 0 Å². The molecule has 0 saturated heterocycles. The molecule has 1 unspecified atom stereocenters. The van der Waals surface area contributed by atoms with Gasteiger partial charge in [0.15, 0.2) is 0 Å². The van der Waals surface area contributed by atoms with Crippen LogP contribution in [0.5, 0.6) is 5.75 Å². The normalized spacial score (nSPS) is 11.9. The smallest absolute Gasteiger partial charge is 0.313 e. The van der Waals surface area contributed by atoms with Crippen LogP contribution >= 0.6 is 0 Å². The minimum atomic E-state index is -0.161. The van der Waals surface area contributed by atoms with Gasteiger partial charge in [-0.15, -0.1) is 0 Å². The van der Waals surface area contributed by atoms with E-state index >= 15 is 0 Å². The van der Waals surface area contributed by atoms with Crippen LogP contribution in [0, 0.1) is 0 Å². The Morgan fingerprint density at radius 3 is 2.35 bits per heavy atom. The molecule has 0 spiro atoms. The van der Waals surface area contributed by atoms with Gasteiger partial charge >= 0.3 is 5.97 Å². The summed E-state index contributed by atoms with van der Waals surface area (Å²) in [6.45, 7) is 4.32. The molecule has 3 nitrogen and oxygen atoms in total. The molecule has 0 radical (unpaired) electrons. The molecular formula is C14H20O3. The van der Waals surface area contributed by atoms with Crippen molar-refractivity contribution >= 4 is 5.97 Å². The van der Waals surface area contributed by atoms with Gasteiger partial charge in [0, 0.05) is 0 Å². The Kier molecular flexibility index (Phi) is 5.53. The van der Waals surface area contributed by atoms with Crippen LogP contribution < -0.4 is 4.74 Å². The Labute approximate surface area is 103 Å². The first-order valence-electron chi connectivity index (χ1n) is 6.03. The Morgan fingerprint density at radius 2 is 1.88 bits per heavy atom. The predicted octanol–water partition coefficient (Wildman–Crippen LogP) is 3.14. The van der Waals surface area contributed by atoms with Crippen LogP contribution in [-0.4, -0.2) is 19.7 Å². The molecule has 0 fully saturated rings. The van der Waals surface area contributed by atoms with Crippen LogP contribution in [0.25, 0.3) is 0 Å². The molecule has 0 N–H and O–H groups in total. The molecule has 1 aromatic carbocycles. The summed E-state index contributed by atoms with van der Waals surface area (Å²) in [5.41, 5.74) is 0.992. The van der Waals surface area contributed by atoms with E-state index < -0.39 is 0 Å². The lowest BCUT2D eigenvalue weighted by molar-refractivity contribution is -0.145. The van der Waals surface area contributed by atoms with Crippen LogP contribution in [0.2, 0.25) is 0 Å². The number of hydrogen-bond donors (Lipinski definition) is 0. The molecular weight excluding hydrogens is 216 g/mol. The summed E-state index contributed by atoms with van der Waals surface area (Å²) >= 11 is 0. The monoisotopic (exact) mass is 236 g/mol. The third-order valence-corrected chi connectivity index (χ3v) is 2.67. The van der Waals surface area contributed by atoms with Crippen LogP contribution in [0.3, 0.4) is 0 Å². The molecule has 1 aromatic rings. The number of hydrogen-bond acceptors (Lipinski definition) is 3. The zero-order valence-corrected chi connectivity index (χ0v) is 10.7. The van der Waals surface area contributed by atoms with Crippen LogP contribution in [-0.2, 0) is 9.53 Å². The second-order valence-electron chi connectivity index (χ2n) is 3.87. The quantitative estimate of drug-likeness (QED) is 0.712. The van der Waals surface area contributed by atoms with Crippen molar-refractivity contribution < 1.29 is 14.3 Å². The first-order chi connectivity index (χ1) is 8.22. The SMILES string of the molecule is CCCC(C(=O)OCC)c1ccc(OC)cc1. The first-order valence-corrected chi connectivity index (χ1v) is 6.03. The topological polar surface area (TPSA) is 35.5 Å². The van der Waals surface area contributed by atoms with E-state index in [1.807, 2.05) is 31.2 Å². The molecule has 0 saturated carbocycles. The standard InChI is InChI=1S/C14H20O3/c1-4-6-13(14(15)17-5-2)11-7-9-12(16-3)10-8-11/h7-10,13H,4-6H2,1-3H3. The lowest BCUT2D eigenvalue weighted by atomic mass is 9.94. The third kappa shape index (κ3) is 3.77. The lowest BCUT2D eigenvalue weighted by Crippen LogP contribution is -2.15. The van der Waals surface area contributed by atoms with Gasteiger partial charge in [0.2, 0.25) is 0 Å². The van der Waals surface area contributed by atoms with Gasteiger partial charge in [-0.05, 0) is 31.0 Å². The molecule has 0 aromatic heterocycles. The molecule has 94 valence electrons. The molecule has 0 aliphatic heterocycles. The van der Waals surface area contributed by atoms with Gasteiger partial charge in [-0.1, -0.05) is 25.5 Å². The fraction of sp³-hybridized carbons (Fsp3) is 0.500. The van der Waals surface area contributed by atoms with Crippen LogP contribution in [0.15, 0.2) is 24.3 Å². The Hall–Kier alpha value is -1.51. The highest BCUT2D eigenvalue weighted by molar-refractivity contribution is 5.78. The second-order valence-corrected chi connectivity index (χ2v) is 3.87. The number of carbonyl (C=O) groups is 1. The second kappa shape index (κ2) is 6.94. The maximum absolute atomic E-state index is 11.8. The van der Waals surface area contributed by atoms with E-state index in [0.29, 0.717) is 6.61 Å².